The number of aromatic hydroxyl groups is 1. The van der Waals surface area contributed by atoms with E-state index in [1.165, 1.54) is 23.9 Å². The van der Waals surface area contributed by atoms with Crippen molar-refractivity contribution >= 4 is 11.0 Å². The number of imidazole rings is 1. The van der Waals surface area contributed by atoms with Gasteiger partial charge in [0.15, 0.2) is 0 Å². The van der Waals surface area contributed by atoms with Crippen LogP contribution in [0, 0.1) is 13.8 Å². The molecule has 0 amide bonds. The summed E-state index contributed by atoms with van der Waals surface area (Å²) in [5.41, 5.74) is 5.67. The highest BCUT2D eigenvalue weighted by atomic mass is 16.3. The Morgan fingerprint density at radius 1 is 1.10 bits per heavy atom. The minimum Gasteiger partial charge on any atom is -0.508 e. The van der Waals surface area contributed by atoms with Crippen LogP contribution in [-0.4, -0.2) is 14.7 Å². The lowest BCUT2D eigenvalue weighted by molar-refractivity contribution is 0.475. The molecule has 1 aromatic heterocycles. The molecule has 0 unspecified atom stereocenters. The van der Waals surface area contributed by atoms with Crippen molar-refractivity contribution in [3.05, 3.63) is 47.5 Å². The van der Waals surface area contributed by atoms with E-state index in [0.29, 0.717) is 11.8 Å². The Morgan fingerprint density at radius 3 is 2.62 bits per heavy atom. The van der Waals surface area contributed by atoms with Gasteiger partial charge in [0.1, 0.15) is 11.6 Å². The summed E-state index contributed by atoms with van der Waals surface area (Å²) in [6.07, 6.45) is 2.45. The summed E-state index contributed by atoms with van der Waals surface area (Å²) < 4.78 is 2.37. The molecule has 0 spiro atoms. The first kappa shape index (κ1) is 12.5. The molecule has 21 heavy (non-hydrogen) atoms. The number of aromatic nitrogens is 2. The molecule has 1 fully saturated rings. The quantitative estimate of drug-likeness (QED) is 0.756. The molecular weight excluding hydrogens is 260 g/mol. The van der Waals surface area contributed by atoms with Gasteiger partial charge in [0.2, 0.25) is 0 Å². The monoisotopic (exact) mass is 278 g/mol. The highest BCUT2D eigenvalue weighted by Gasteiger charge is 2.29. The fourth-order valence-corrected chi connectivity index (χ4v) is 3.00. The van der Waals surface area contributed by atoms with E-state index in [9.17, 15) is 5.11 Å². The Kier molecular flexibility index (Phi) is 2.58. The molecular formula is C18H18N2O. The molecule has 1 aliphatic rings. The van der Waals surface area contributed by atoms with Crippen molar-refractivity contribution in [2.75, 3.05) is 0 Å². The van der Waals surface area contributed by atoms with Gasteiger partial charge in [-0.25, -0.2) is 4.98 Å². The smallest absolute Gasteiger partial charge is 0.141 e. The number of phenolic OH excluding ortho intramolecular Hbond substituents is 1. The normalized spacial score (nSPS) is 14.8. The summed E-state index contributed by atoms with van der Waals surface area (Å²) in [5, 5.41) is 9.62. The van der Waals surface area contributed by atoms with E-state index >= 15 is 0 Å². The number of fused-ring (bicyclic) bond motifs is 1. The molecule has 0 bridgehead atoms. The summed E-state index contributed by atoms with van der Waals surface area (Å²) in [6, 6.07) is 12.6. The second-order valence-electron chi connectivity index (χ2n) is 6.03. The Labute approximate surface area is 123 Å². The number of benzene rings is 2. The van der Waals surface area contributed by atoms with Crippen LogP contribution in [0.5, 0.6) is 5.75 Å². The van der Waals surface area contributed by atoms with Crippen LogP contribution in [-0.2, 0) is 0 Å². The number of nitrogens with zero attached hydrogens (tertiary/aromatic N) is 2. The maximum atomic E-state index is 9.62. The Balaban J connectivity index is 2.01. The molecule has 3 nitrogen and oxygen atoms in total. The number of hydrogen-bond donors (Lipinski definition) is 1. The lowest BCUT2D eigenvalue weighted by atomic mass is 10.1. The number of phenols is 1. The van der Waals surface area contributed by atoms with E-state index in [-0.39, 0.29) is 0 Å². The van der Waals surface area contributed by atoms with Gasteiger partial charge in [-0.05, 0) is 68.1 Å². The second-order valence-corrected chi connectivity index (χ2v) is 6.03. The van der Waals surface area contributed by atoms with Crippen LogP contribution >= 0.6 is 0 Å². The number of aryl methyl sites for hydroxylation is 2. The summed E-state index contributed by atoms with van der Waals surface area (Å²) in [4.78, 5) is 4.88. The van der Waals surface area contributed by atoms with E-state index in [4.69, 9.17) is 4.98 Å². The van der Waals surface area contributed by atoms with Crippen molar-refractivity contribution in [2.24, 2.45) is 0 Å². The van der Waals surface area contributed by atoms with Gasteiger partial charge in [-0.15, -0.1) is 0 Å². The van der Waals surface area contributed by atoms with Crippen LogP contribution in [0.3, 0.4) is 0 Å². The van der Waals surface area contributed by atoms with Crippen LogP contribution in [0.4, 0.5) is 0 Å². The number of hydrogen-bond acceptors (Lipinski definition) is 2. The van der Waals surface area contributed by atoms with Crippen molar-refractivity contribution in [2.45, 2.75) is 32.7 Å². The Bertz CT molecular complexity index is 844. The first-order valence-corrected chi connectivity index (χ1v) is 7.42. The minimum absolute atomic E-state index is 0.307. The average molecular weight is 278 g/mol. The summed E-state index contributed by atoms with van der Waals surface area (Å²) >= 11 is 0. The molecule has 0 atom stereocenters. The first-order chi connectivity index (χ1) is 10.1. The molecule has 4 rings (SSSR count). The SMILES string of the molecule is Cc1ccc2c(c1)nc(-c1ccc(O)cc1C)n2C1CC1. The molecule has 1 saturated carbocycles. The zero-order valence-corrected chi connectivity index (χ0v) is 12.3. The van der Waals surface area contributed by atoms with Crippen LogP contribution in [0.1, 0.15) is 30.0 Å². The van der Waals surface area contributed by atoms with E-state index in [2.05, 4.69) is 29.7 Å². The molecule has 2 aromatic carbocycles. The molecule has 0 saturated heterocycles. The van der Waals surface area contributed by atoms with Crippen molar-refractivity contribution in [1.82, 2.24) is 9.55 Å². The molecule has 106 valence electrons. The topological polar surface area (TPSA) is 38.1 Å². The van der Waals surface area contributed by atoms with Gasteiger partial charge in [0.05, 0.1) is 11.0 Å². The molecule has 1 heterocycles. The van der Waals surface area contributed by atoms with Crippen LogP contribution in [0.2, 0.25) is 0 Å². The maximum Gasteiger partial charge on any atom is 0.141 e. The average Bonchev–Trinajstić information content (AvgIpc) is 3.20. The lowest BCUT2D eigenvalue weighted by Gasteiger charge is -2.10. The first-order valence-electron chi connectivity index (χ1n) is 7.42. The Morgan fingerprint density at radius 2 is 1.90 bits per heavy atom. The minimum atomic E-state index is 0.307. The summed E-state index contributed by atoms with van der Waals surface area (Å²) in [5.74, 6) is 1.33. The molecule has 1 aliphatic carbocycles. The van der Waals surface area contributed by atoms with Crippen LogP contribution < -0.4 is 0 Å². The lowest BCUT2D eigenvalue weighted by Crippen LogP contribution is -1.98. The molecule has 3 aromatic rings. The predicted octanol–water partition coefficient (Wildman–Crippen LogP) is 4.36. The van der Waals surface area contributed by atoms with Crippen molar-refractivity contribution in [3.63, 3.8) is 0 Å². The van der Waals surface area contributed by atoms with Gasteiger partial charge in [0.25, 0.3) is 0 Å². The fraction of sp³-hybridized carbons (Fsp3) is 0.278. The van der Waals surface area contributed by atoms with Gasteiger partial charge in [-0.2, -0.15) is 0 Å². The van der Waals surface area contributed by atoms with Crippen LogP contribution in [0.25, 0.3) is 22.4 Å². The van der Waals surface area contributed by atoms with Gasteiger partial charge in [-0.3, -0.25) is 0 Å². The molecule has 3 heteroatoms. The molecule has 0 radical (unpaired) electrons. The Hall–Kier alpha value is -2.29. The fourth-order valence-electron chi connectivity index (χ4n) is 3.00. The van der Waals surface area contributed by atoms with E-state index in [0.717, 1.165) is 22.5 Å². The van der Waals surface area contributed by atoms with E-state index in [1.807, 2.05) is 13.0 Å². The highest BCUT2D eigenvalue weighted by molar-refractivity contribution is 5.82. The zero-order chi connectivity index (χ0) is 14.6. The zero-order valence-electron chi connectivity index (χ0n) is 12.3. The molecule has 0 aliphatic heterocycles. The maximum absolute atomic E-state index is 9.62. The standard InChI is InChI=1S/C18H18N2O/c1-11-3-8-17-16(9-11)19-18(20(17)13-4-5-13)15-7-6-14(21)10-12(15)2/h3,6-10,13,21H,4-5H2,1-2H3. The highest BCUT2D eigenvalue weighted by Crippen LogP contribution is 2.42. The third kappa shape index (κ3) is 2.00. The third-order valence-electron chi connectivity index (χ3n) is 4.21. The van der Waals surface area contributed by atoms with Gasteiger partial charge in [0, 0.05) is 11.6 Å². The van der Waals surface area contributed by atoms with Crippen LogP contribution in [0.15, 0.2) is 36.4 Å². The summed E-state index contributed by atoms with van der Waals surface area (Å²) in [7, 11) is 0. The van der Waals surface area contributed by atoms with Crippen molar-refractivity contribution in [1.29, 1.82) is 0 Å². The van der Waals surface area contributed by atoms with E-state index < -0.39 is 0 Å². The predicted molar refractivity (Wildman–Crippen MR) is 84.6 cm³/mol. The van der Waals surface area contributed by atoms with Gasteiger partial charge >= 0.3 is 0 Å². The van der Waals surface area contributed by atoms with Gasteiger partial charge < -0.3 is 9.67 Å². The largest absolute Gasteiger partial charge is 0.508 e. The van der Waals surface area contributed by atoms with Crippen molar-refractivity contribution < 1.29 is 5.11 Å². The second kappa shape index (κ2) is 4.35. The number of rotatable bonds is 2. The van der Waals surface area contributed by atoms with Gasteiger partial charge in [-0.1, -0.05) is 6.07 Å². The summed E-state index contributed by atoms with van der Waals surface area (Å²) in [6.45, 7) is 4.12. The third-order valence-corrected chi connectivity index (χ3v) is 4.21. The van der Waals surface area contributed by atoms with E-state index in [1.54, 1.807) is 12.1 Å². The molecule has 1 N–H and O–H groups in total. The van der Waals surface area contributed by atoms with Crippen molar-refractivity contribution in [3.8, 4) is 17.1 Å².